The van der Waals surface area contributed by atoms with Crippen LogP contribution < -0.4 is 10.0 Å². The van der Waals surface area contributed by atoms with Crippen LogP contribution in [0, 0.1) is 19.8 Å². The maximum absolute atomic E-state index is 12.5. The number of hydrogen-bond donors (Lipinski definition) is 2. The number of amides is 1. The van der Waals surface area contributed by atoms with E-state index in [1.807, 2.05) is 0 Å². The predicted molar refractivity (Wildman–Crippen MR) is 84.6 cm³/mol. The zero-order valence-electron chi connectivity index (χ0n) is 12.8. The molecular formula is C15H17N3O4S. The quantitative estimate of drug-likeness (QED) is 0.874. The molecule has 0 spiro atoms. The van der Waals surface area contributed by atoms with Crippen LogP contribution in [0.5, 0.6) is 0 Å². The minimum Gasteiger partial charge on any atom is -0.360 e. The molecule has 1 aliphatic rings. The highest BCUT2D eigenvalue weighted by atomic mass is 32.2. The first-order chi connectivity index (χ1) is 10.9. The summed E-state index contributed by atoms with van der Waals surface area (Å²) in [6, 6.07) is 6.58. The predicted octanol–water partition coefficient (Wildman–Crippen LogP) is 2.44. The third kappa shape index (κ3) is 3.37. The van der Waals surface area contributed by atoms with E-state index in [4.69, 9.17) is 4.52 Å². The van der Waals surface area contributed by atoms with Gasteiger partial charge in [-0.05, 0) is 44.9 Å². The lowest BCUT2D eigenvalue weighted by atomic mass is 10.2. The lowest BCUT2D eigenvalue weighted by molar-refractivity contribution is -0.117. The van der Waals surface area contributed by atoms with E-state index in [0.717, 1.165) is 12.8 Å². The third-order valence-corrected chi connectivity index (χ3v) is 5.19. The number of rotatable bonds is 5. The highest BCUT2D eigenvalue weighted by Crippen LogP contribution is 2.30. The van der Waals surface area contributed by atoms with Gasteiger partial charge in [-0.2, -0.15) is 0 Å². The minimum absolute atomic E-state index is 0.0317. The summed E-state index contributed by atoms with van der Waals surface area (Å²) in [5.74, 6) is 0.279. The van der Waals surface area contributed by atoms with Crippen molar-refractivity contribution in [2.24, 2.45) is 5.92 Å². The molecule has 1 saturated carbocycles. The second-order valence-electron chi connectivity index (χ2n) is 5.60. The van der Waals surface area contributed by atoms with Gasteiger partial charge in [-0.15, -0.1) is 0 Å². The molecule has 1 amide bonds. The summed E-state index contributed by atoms with van der Waals surface area (Å²) in [5.41, 5.74) is 1.22. The van der Waals surface area contributed by atoms with Crippen molar-refractivity contribution in [1.82, 2.24) is 5.16 Å². The van der Waals surface area contributed by atoms with Crippen molar-refractivity contribution in [3.05, 3.63) is 35.7 Å². The Morgan fingerprint density at radius 1 is 1.26 bits per heavy atom. The Morgan fingerprint density at radius 2 is 1.96 bits per heavy atom. The number of nitrogens with one attached hydrogen (secondary N) is 2. The van der Waals surface area contributed by atoms with Crippen LogP contribution in [0.3, 0.4) is 0 Å². The molecule has 7 nitrogen and oxygen atoms in total. The average Bonchev–Trinajstić information content (AvgIpc) is 3.24. The first-order valence-electron chi connectivity index (χ1n) is 7.23. The van der Waals surface area contributed by atoms with E-state index in [-0.39, 0.29) is 22.5 Å². The second-order valence-corrected chi connectivity index (χ2v) is 7.22. The maximum atomic E-state index is 12.5. The van der Waals surface area contributed by atoms with Gasteiger partial charge in [-0.25, -0.2) is 8.42 Å². The van der Waals surface area contributed by atoms with E-state index >= 15 is 0 Å². The lowest BCUT2D eigenvalue weighted by Crippen LogP contribution is -2.16. The van der Waals surface area contributed by atoms with Crippen LogP contribution in [0.4, 0.5) is 11.4 Å². The van der Waals surface area contributed by atoms with Gasteiger partial charge in [0, 0.05) is 11.6 Å². The molecular weight excluding hydrogens is 318 g/mol. The van der Waals surface area contributed by atoms with Crippen molar-refractivity contribution in [3.63, 3.8) is 0 Å². The summed E-state index contributed by atoms with van der Waals surface area (Å²) in [5, 5.41) is 6.44. The number of nitrogens with zero attached hydrogens (tertiary/aromatic N) is 1. The zero-order valence-corrected chi connectivity index (χ0v) is 13.6. The van der Waals surface area contributed by atoms with E-state index in [0.29, 0.717) is 17.1 Å². The molecule has 1 fully saturated rings. The Morgan fingerprint density at radius 3 is 2.57 bits per heavy atom. The average molecular weight is 335 g/mol. The zero-order chi connectivity index (χ0) is 16.6. The van der Waals surface area contributed by atoms with E-state index < -0.39 is 10.0 Å². The number of anilines is 2. The summed E-state index contributed by atoms with van der Waals surface area (Å²) in [6.45, 7) is 3.11. The van der Waals surface area contributed by atoms with E-state index in [1.54, 1.807) is 38.1 Å². The van der Waals surface area contributed by atoms with Crippen molar-refractivity contribution in [3.8, 4) is 0 Å². The highest BCUT2D eigenvalue weighted by molar-refractivity contribution is 7.92. The molecule has 8 heteroatoms. The molecule has 0 radical (unpaired) electrons. The maximum Gasteiger partial charge on any atom is 0.267 e. The van der Waals surface area contributed by atoms with Gasteiger partial charge in [0.05, 0.1) is 5.69 Å². The van der Waals surface area contributed by atoms with E-state index in [2.05, 4.69) is 15.2 Å². The molecule has 1 aromatic carbocycles. The van der Waals surface area contributed by atoms with Gasteiger partial charge >= 0.3 is 0 Å². The molecule has 1 aliphatic carbocycles. The highest BCUT2D eigenvalue weighted by Gasteiger charge is 2.29. The van der Waals surface area contributed by atoms with Crippen molar-refractivity contribution in [2.45, 2.75) is 31.6 Å². The minimum atomic E-state index is -3.80. The fourth-order valence-electron chi connectivity index (χ4n) is 2.31. The standard InChI is InChI=1S/C15H17N3O4S/c1-9-14(10(2)22-17-9)23(20,21)18-13-5-3-4-12(8-13)16-15(19)11-6-7-11/h3-5,8,11,18H,6-7H2,1-2H3,(H,16,19). The summed E-state index contributed by atoms with van der Waals surface area (Å²) < 4.78 is 32.3. The Balaban J connectivity index is 1.81. The van der Waals surface area contributed by atoms with E-state index in [1.165, 1.54) is 0 Å². The molecule has 0 atom stereocenters. The molecule has 0 saturated heterocycles. The van der Waals surface area contributed by atoms with Crippen LogP contribution in [0.1, 0.15) is 24.3 Å². The monoisotopic (exact) mass is 335 g/mol. The number of hydrogen-bond acceptors (Lipinski definition) is 5. The number of carbonyl (C=O) groups is 1. The molecule has 0 aliphatic heterocycles. The van der Waals surface area contributed by atoms with Crippen molar-refractivity contribution < 1.29 is 17.7 Å². The molecule has 122 valence electrons. The molecule has 0 bridgehead atoms. The molecule has 0 unspecified atom stereocenters. The normalized spacial score (nSPS) is 14.5. The number of aromatic nitrogens is 1. The van der Waals surface area contributed by atoms with Gasteiger partial charge in [0.15, 0.2) is 10.7 Å². The summed E-state index contributed by atoms with van der Waals surface area (Å²) in [6.07, 6.45) is 1.81. The SMILES string of the molecule is Cc1noc(C)c1S(=O)(=O)Nc1cccc(NC(=O)C2CC2)c1. The second kappa shape index (κ2) is 5.69. The fraction of sp³-hybridized carbons (Fsp3) is 0.333. The summed E-state index contributed by atoms with van der Waals surface area (Å²) in [4.78, 5) is 11.8. The largest absolute Gasteiger partial charge is 0.360 e. The summed E-state index contributed by atoms with van der Waals surface area (Å²) in [7, 11) is -3.80. The van der Waals surface area contributed by atoms with Crippen molar-refractivity contribution in [2.75, 3.05) is 10.0 Å². The molecule has 1 aromatic heterocycles. The first-order valence-corrected chi connectivity index (χ1v) is 8.72. The topological polar surface area (TPSA) is 101 Å². The molecule has 2 aromatic rings. The van der Waals surface area contributed by atoms with Gasteiger partial charge in [0.2, 0.25) is 5.91 Å². The number of sulfonamides is 1. The molecule has 1 heterocycles. The number of aryl methyl sites for hydroxylation is 2. The number of carbonyl (C=O) groups excluding carboxylic acids is 1. The molecule has 2 N–H and O–H groups in total. The van der Waals surface area contributed by atoms with Gasteiger partial charge < -0.3 is 9.84 Å². The summed E-state index contributed by atoms with van der Waals surface area (Å²) >= 11 is 0. The van der Waals surface area contributed by atoms with E-state index in [9.17, 15) is 13.2 Å². The van der Waals surface area contributed by atoms with Gasteiger partial charge in [0.25, 0.3) is 10.0 Å². The lowest BCUT2D eigenvalue weighted by Gasteiger charge is -2.10. The Kier molecular flexibility index (Phi) is 3.85. The van der Waals surface area contributed by atoms with Gasteiger partial charge in [0.1, 0.15) is 5.69 Å². The van der Waals surface area contributed by atoms with Crippen LogP contribution in [0.15, 0.2) is 33.7 Å². The van der Waals surface area contributed by atoms with Crippen LogP contribution >= 0.6 is 0 Å². The van der Waals surface area contributed by atoms with Crippen LogP contribution in [0.25, 0.3) is 0 Å². The van der Waals surface area contributed by atoms with Crippen LogP contribution in [-0.4, -0.2) is 19.5 Å². The number of benzene rings is 1. The van der Waals surface area contributed by atoms with Crippen LogP contribution in [-0.2, 0) is 14.8 Å². The third-order valence-electron chi connectivity index (χ3n) is 3.57. The molecule has 3 rings (SSSR count). The fourth-order valence-corrected chi connectivity index (χ4v) is 3.70. The van der Waals surface area contributed by atoms with Gasteiger partial charge in [-0.3, -0.25) is 9.52 Å². The Hall–Kier alpha value is -2.35. The molecule has 23 heavy (non-hydrogen) atoms. The van der Waals surface area contributed by atoms with Crippen molar-refractivity contribution in [1.29, 1.82) is 0 Å². The van der Waals surface area contributed by atoms with Crippen molar-refractivity contribution >= 4 is 27.3 Å². The Bertz CT molecular complexity index is 834. The Labute approximate surface area is 134 Å². The first kappa shape index (κ1) is 15.5. The van der Waals surface area contributed by atoms with Gasteiger partial charge in [-0.1, -0.05) is 11.2 Å². The van der Waals surface area contributed by atoms with Crippen LogP contribution in [0.2, 0.25) is 0 Å². The smallest absolute Gasteiger partial charge is 0.267 e.